The molecule has 0 spiro atoms. The van der Waals surface area contributed by atoms with Gasteiger partial charge in [0.05, 0.1) is 7.11 Å². The quantitative estimate of drug-likeness (QED) is 0.905. The van der Waals surface area contributed by atoms with Gasteiger partial charge < -0.3 is 10.5 Å². The van der Waals surface area contributed by atoms with Gasteiger partial charge in [0.25, 0.3) is 0 Å². The van der Waals surface area contributed by atoms with E-state index in [0.717, 1.165) is 18.4 Å². The van der Waals surface area contributed by atoms with E-state index in [0.29, 0.717) is 5.92 Å². The van der Waals surface area contributed by atoms with Gasteiger partial charge in [-0.1, -0.05) is 19.4 Å². The first-order chi connectivity index (χ1) is 9.82. The number of alkyl halides is 2. The van der Waals surface area contributed by atoms with Gasteiger partial charge in [-0.2, -0.15) is 8.78 Å². The summed E-state index contributed by atoms with van der Waals surface area (Å²) in [4.78, 5) is -0.472. The van der Waals surface area contributed by atoms with Crippen molar-refractivity contribution in [1.29, 1.82) is 0 Å². The molecule has 3 atom stereocenters. The average Bonchev–Trinajstić information content (AvgIpc) is 2.44. The van der Waals surface area contributed by atoms with Gasteiger partial charge in [0.2, 0.25) is 9.84 Å². The molecule has 7 heteroatoms. The molecule has 1 aromatic carbocycles. The van der Waals surface area contributed by atoms with Crippen LogP contribution in [0.5, 0.6) is 5.75 Å². The van der Waals surface area contributed by atoms with E-state index in [2.05, 4.69) is 0 Å². The molecule has 0 aromatic heterocycles. The van der Waals surface area contributed by atoms with E-state index in [1.54, 1.807) is 6.07 Å². The lowest BCUT2D eigenvalue weighted by Crippen LogP contribution is -2.45. The molecule has 0 bridgehead atoms. The van der Waals surface area contributed by atoms with E-state index < -0.39 is 20.5 Å². The number of sulfone groups is 1. The van der Waals surface area contributed by atoms with Gasteiger partial charge >= 0.3 is 5.76 Å². The minimum atomic E-state index is -4.66. The van der Waals surface area contributed by atoms with Crippen molar-refractivity contribution in [3.8, 4) is 5.75 Å². The summed E-state index contributed by atoms with van der Waals surface area (Å²) < 4.78 is 53.5. The Morgan fingerprint density at radius 2 is 2.10 bits per heavy atom. The highest BCUT2D eigenvalue weighted by atomic mass is 32.2. The van der Waals surface area contributed by atoms with Gasteiger partial charge in [0.15, 0.2) is 0 Å². The molecule has 1 saturated carbocycles. The molecule has 1 aliphatic carbocycles. The van der Waals surface area contributed by atoms with Crippen LogP contribution in [0.25, 0.3) is 0 Å². The molecular formula is C14H19F2NO3S. The topological polar surface area (TPSA) is 69.4 Å². The van der Waals surface area contributed by atoms with E-state index >= 15 is 0 Å². The molecule has 21 heavy (non-hydrogen) atoms. The zero-order chi connectivity index (χ0) is 15.8. The van der Waals surface area contributed by atoms with Gasteiger partial charge in [-0.3, -0.25) is 0 Å². The fraction of sp³-hybridized carbons (Fsp3) is 0.571. The molecule has 0 amide bonds. The molecule has 4 nitrogen and oxygen atoms in total. The molecule has 3 unspecified atom stereocenters. The fourth-order valence-corrected chi connectivity index (χ4v) is 3.83. The Balaban J connectivity index is 2.38. The molecule has 1 aromatic rings. The van der Waals surface area contributed by atoms with Crippen molar-refractivity contribution in [3.05, 3.63) is 23.8 Å². The summed E-state index contributed by atoms with van der Waals surface area (Å²) in [6, 6.07) is 4.45. The number of benzene rings is 1. The van der Waals surface area contributed by atoms with E-state index in [1.165, 1.54) is 19.2 Å². The summed E-state index contributed by atoms with van der Waals surface area (Å²) in [7, 11) is -3.39. The minimum Gasteiger partial charge on any atom is -0.495 e. The lowest BCUT2D eigenvalue weighted by molar-refractivity contribution is 0.198. The Labute approximate surface area is 123 Å². The number of halogens is 2. The van der Waals surface area contributed by atoms with E-state index in [9.17, 15) is 17.2 Å². The maximum absolute atomic E-state index is 12.7. The molecule has 0 saturated heterocycles. The highest BCUT2D eigenvalue weighted by Crippen LogP contribution is 2.45. The van der Waals surface area contributed by atoms with Crippen LogP contribution >= 0.6 is 0 Å². The number of ether oxygens (including phenoxy) is 1. The smallest absolute Gasteiger partial charge is 0.341 e. The van der Waals surface area contributed by atoms with Crippen molar-refractivity contribution in [2.75, 3.05) is 7.11 Å². The normalized spacial score (nSPS) is 25.7. The number of hydrogen-bond acceptors (Lipinski definition) is 4. The minimum absolute atomic E-state index is 0.0388. The molecule has 2 rings (SSSR count). The first-order valence-electron chi connectivity index (χ1n) is 6.78. The molecule has 2 N–H and O–H groups in total. The second kappa shape index (κ2) is 5.88. The Bertz CT molecular complexity index is 619. The van der Waals surface area contributed by atoms with Crippen molar-refractivity contribution in [3.63, 3.8) is 0 Å². The summed E-state index contributed by atoms with van der Waals surface area (Å²) in [6.07, 6.45) is 1.73. The highest BCUT2D eigenvalue weighted by Gasteiger charge is 2.39. The summed E-state index contributed by atoms with van der Waals surface area (Å²) in [5.74, 6) is -2.95. The maximum Gasteiger partial charge on any atom is 0.341 e. The van der Waals surface area contributed by atoms with Crippen molar-refractivity contribution in [2.45, 2.75) is 42.4 Å². The predicted molar refractivity (Wildman–Crippen MR) is 75.3 cm³/mol. The molecule has 0 aliphatic heterocycles. The monoisotopic (exact) mass is 319 g/mol. The van der Waals surface area contributed by atoms with Gasteiger partial charge in [0, 0.05) is 6.04 Å². The molecule has 1 aliphatic rings. The van der Waals surface area contributed by atoms with Crippen LogP contribution in [0.1, 0.15) is 31.2 Å². The Hall–Kier alpha value is -1.21. The standard InChI is InChI=1S/C14H19F2NO3S/c1-3-9-10(7-11(9)17)8-4-5-13(12(6-8)20-2)21(18,19)14(15)16/h4-6,9-11,14H,3,7,17H2,1-2H3. The van der Waals surface area contributed by atoms with E-state index in [1.807, 2.05) is 6.92 Å². The highest BCUT2D eigenvalue weighted by molar-refractivity contribution is 7.91. The van der Waals surface area contributed by atoms with Gasteiger partial charge in [-0.05, 0) is 36.0 Å². The Kier molecular flexibility index (Phi) is 4.53. The van der Waals surface area contributed by atoms with Crippen molar-refractivity contribution >= 4 is 9.84 Å². The third-order valence-electron chi connectivity index (χ3n) is 4.22. The summed E-state index contributed by atoms with van der Waals surface area (Å²) in [5.41, 5.74) is 6.83. The Morgan fingerprint density at radius 1 is 1.43 bits per heavy atom. The number of rotatable bonds is 5. The van der Waals surface area contributed by atoms with Crippen LogP contribution in [-0.2, 0) is 9.84 Å². The van der Waals surface area contributed by atoms with Crippen molar-refractivity contribution < 1.29 is 21.9 Å². The van der Waals surface area contributed by atoms with Crippen LogP contribution < -0.4 is 10.5 Å². The largest absolute Gasteiger partial charge is 0.495 e. The number of methoxy groups -OCH3 is 1. The van der Waals surface area contributed by atoms with E-state index in [4.69, 9.17) is 10.5 Å². The first kappa shape index (κ1) is 16.2. The van der Waals surface area contributed by atoms with Crippen LogP contribution in [0.2, 0.25) is 0 Å². The van der Waals surface area contributed by atoms with Crippen molar-refractivity contribution in [2.24, 2.45) is 11.7 Å². The third kappa shape index (κ3) is 2.76. The van der Waals surface area contributed by atoms with Crippen LogP contribution in [0.4, 0.5) is 8.78 Å². The SMILES string of the molecule is CCC1C(N)CC1c1ccc(S(=O)(=O)C(F)F)c(OC)c1. The molecule has 1 fully saturated rings. The second-order valence-electron chi connectivity index (χ2n) is 5.29. The molecular weight excluding hydrogens is 300 g/mol. The predicted octanol–water partition coefficient (Wildman–Crippen LogP) is 2.53. The summed E-state index contributed by atoms with van der Waals surface area (Å²) >= 11 is 0. The Morgan fingerprint density at radius 3 is 2.57 bits per heavy atom. The fourth-order valence-electron chi connectivity index (χ4n) is 2.96. The third-order valence-corrected chi connectivity index (χ3v) is 5.64. The van der Waals surface area contributed by atoms with Crippen LogP contribution in [0, 0.1) is 5.92 Å². The lowest BCUT2D eigenvalue weighted by Gasteiger charge is -2.43. The molecule has 0 radical (unpaired) electrons. The van der Waals surface area contributed by atoms with Crippen molar-refractivity contribution in [1.82, 2.24) is 0 Å². The maximum atomic E-state index is 12.7. The number of nitrogens with two attached hydrogens (primary N) is 1. The summed E-state index contributed by atoms with van der Waals surface area (Å²) in [6.45, 7) is 2.05. The zero-order valence-electron chi connectivity index (χ0n) is 11.9. The molecule has 0 heterocycles. The van der Waals surface area contributed by atoms with Gasteiger partial charge in [-0.15, -0.1) is 0 Å². The number of hydrogen-bond donors (Lipinski definition) is 1. The second-order valence-corrected chi connectivity index (χ2v) is 7.18. The zero-order valence-corrected chi connectivity index (χ0v) is 12.7. The van der Waals surface area contributed by atoms with Crippen LogP contribution in [0.3, 0.4) is 0 Å². The molecule has 118 valence electrons. The van der Waals surface area contributed by atoms with E-state index in [-0.39, 0.29) is 17.7 Å². The van der Waals surface area contributed by atoms with Gasteiger partial charge in [0.1, 0.15) is 10.6 Å². The summed E-state index contributed by atoms with van der Waals surface area (Å²) in [5, 5.41) is 0. The lowest BCUT2D eigenvalue weighted by atomic mass is 9.65. The first-order valence-corrected chi connectivity index (χ1v) is 8.33. The van der Waals surface area contributed by atoms with Crippen LogP contribution in [-0.4, -0.2) is 27.3 Å². The average molecular weight is 319 g/mol. The van der Waals surface area contributed by atoms with Gasteiger partial charge in [-0.25, -0.2) is 8.42 Å². The van der Waals surface area contributed by atoms with Crippen LogP contribution in [0.15, 0.2) is 23.1 Å².